The third kappa shape index (κ3) is 3.59. The molecule has 1 aromatic rings. The molecule has 2 heterocycles. The van der Waals surface area contributed by atoms with Crippen LogP contribution in [0.2, 0.25) is 0 Å². The lowest BCUT2D eigenvalue weighted by Gasteiger charge is -2.24. The highest BCUT2D eigenvalue weighted by atomic mass is 32.2. The summed E-state index contributed by atoms with van der Waals surface area (Å²) in [6, 6.07) is 7.51. The van der Waals surface area contributed by atoms with Gasteiger partial charge in [0, 0.05) is 18.2 Å². The molecule has 0 N–H and O–H groups in total. The second kappa shape index (κ2) is 6.76. The van der Waals surface area contributed by atoms with E-state index in [4.69, 9.17) is 4.74 Å². The van der Waals surface area contributed by atoms with Crippen LogP contribution < -0.4 is 4.74 Å². The smallest absolute Gasteiger partial charge is 0.247 e. The van der Waals surface area contributed by atoms with Gasteiger partial charge in [0.25, 0.3) is 0 Å². The number of hydrogen-bond donors (Lipinski definition) is 0. The minimum absolute atomic E-state index is 0.0448. The van der Waals surface area contributed by atoms with Crippen molar-refractivity contribution in [3.05, 3.63) is 29.8 Å². The van der Waals surface area contributed by atoms with E-state index >= 15 is 0 Å². The summed E-state index contributed by atoms with van der Waals surface area (Å²) in [5.74, 6) is 0.868. The van der Waals surface area contributed by atoms with Crippen molar-refractivity contribution in [2.75, 3.05) is 18.6 Å². The molecule has 2 aliphatic heterocycles. The van der Waals surface area contributed by atoms with Crippen LogP contribution in [0, 0.1) is 0 Å². The summed E-state index contributed by atoms with van der Waals surface area (Å²) in [6.45, 7) is 2.30. The van der Waals surface area contributed by atoms with Crippen molar-refractivity contribution < 1.29 is 17.9 Å². The van der Waals surface area contributed by atoms with Gasteiger partial charge in [-0.25, -0.2) is 8.42 Å². The molecular weight excluding hydrogens is 348 g/mol. The number of hydrogen-bond acceptors (Lipinski definition) is 5. The summed E-state index contributed by atoms with van der Waals surface area (Å²) in [5.41, 5.74) is 1.03. The van der Waals surface area contributed by atoms with Gasteiger partial charge >= 0.3 is 0 Å². The highest BCUT2D eigenvalue weighted by Crippen LogP contribution is 2.39. The number of amidine groups is 1. The van der Waals surface area contributed by atoms with Crippen molar-refractivity contribution in [2.24, 2.45) is 4.99 Å². The Kier molecular flexibility index (Phi) is 4.87. The Hall–Kier alpha value is -1.54. The molecule has 0 unspecified atom stereocenters. The Bertz CT molecular complexity index is 759. The zero-order valence-electron chi connectivity index (χ0n) is 13.6. The number of amides is 1. The van der Waals surface area contributed by atoms with Crippen LogP contribution in [0.25, 0.3) is 0 Å². The molecule has 2 aliphatic rings. The van der Waals surface area contributed by atoms with Gasteiger partial charge in [0.2, 0.25) is 5.91 Å². The fourth-order valence-electron chi connectivity index (χ4n) is 2.93. The van der Waals surface area contributed by atoms with Crippen molar-refractivity contribution in [1.29, 1.82) is 0 Å². The molecule has 2 atom stereocenters. The fraction of sp³-hybridized carbons (Fsp3) is 0.500. The number of nitrogens with zero attached hydrogens (tertiary/aromatic N) is 2. The van der Waals surface area contributed by atoms with Gasteiger partial charge in [-0.2, -0.15) is 4.99 Å². The molecule has 24 heavy (non-hydrogen) atoms. The molecule has 2 saturated heterocycles. The standard InChI is InChI=1S/C16H20N2O4S2/c1-3-15(19)17-16-18(8-11-4-6-12(22-2)7-5-11)13-9-24(20,21)10-14(13)23-16/h4-7,13-14H,3,8-10H2,1-2H3/t13-,14-/m1/s1. The first-order valence-electron chi connectivity index (χ1n) is 7.80. The zero-order valence-corrected chi connectivity index (χ0v) is 15.3. The highest BCUT2D eigenvalue weighted by Gasteiger charge is 2.48. The van der Waals surface area contributed by atoms with E-state index in [1.54, 1.807) is 14.0 Å². The van der Waals surface area contributed by atoms with Crippen LogP contribution in [0.4, 0.5) is 0 Å². The van der Waals surface area contributed by atoms with E-state index in [9.17, 15) is 13.2 Å². The number of carbonyl (C=O) groups excluding carboxylic acids is 1. The van der Waals surface area contributed by atoms with E-state index in [2.05, 4.69) is 4.99 Å². The maximum Gasteiger partial charge on any atom is 0.247 e. The first-order valence-corrected chi connectivity index (χ1v) is 10.5. The van der Waals surface area contributed by atoms with E-state index in [1.165, 1.54) is 11.8 Å². The molecule has 0 radical (unpaired) electrons. The van der Waals surface area contributed by atoms with Gasteiger partial charge in [0.15, 0.2) is 15.0 Å². The third-order valence-corrected chi connectivity index (χ3v) is 7.46. The monoisotopic (exact) mass is 368 g/mol. The van der Waals surface area contributed by atoms with Crippen molar-refractivity contribution in [3.63, 3.8) is 0 Å². The average molecular weight is 368 g/mol. The lowest BCUT2D eigenvalue weighted by atomic mass is 10.1. The lowest BCUT2D eigenvalue weighted by Crippen LogP contribution is -2.37. The molecule has 1 aromatic carbocycles. The fourth-order valence-corrected chi connectivity index (χ4v) is 6.90. The number of rotatable bonds is 4. The third-order valence-electron chi connectivity index (χ3n) is 4.21. The number of sulfone groups is 1. The normalized spacial score (nSPS) is 26.6. The van der Waals surface area contributed by atoms with Gasteiger partial charge in [-0.3, -0.25) is 4.79 Å². The Morgan fingerprint density at radius 1 is 1.33 bits per heavy atom. The quantitative estimate of drug-likeness (QED) is 0.805. The maximum atomic E-state index is 11.9. The first kappa shape index (κ1) is 17.3. The number of aliphatic imine (C=N–C) groups is 1. The molecule has 0 spiro atoms. The topological polar surface area (TPSA) is 76.0 Å². The van der Waals surface area contributed by atoms with Gasteiger partial charge in [0.05, 0.1) is 24.7 Å². The van der Waals surface area contributed by atoms with Gasteiger partial charge in [-0.05, 0) is 17.7 Å². The van der Waals surface area contributed by atoms with E-state index in [0.717, 1.165) is 11.3 Å². The first-order chi connectivity index (χ1) is 11.4. The van der Waals surface area contributed by atoms with Crippen molar-refractivity contribution in [3.8, 4) is 5.75 Å². The summed E-state index contributed by atoms with van der Waals surface area (Å²) in [5, 5.41) is 0.597. The molecule has 1 amide bonds. The Morgan fingerprint density at radius 3 is 2.67 bits per heavy atom. The highest BCUT2D eigenvalue weighted by molar-refractivity contribution is 8.15. The molecule has 0 bridgehead atoms. The molecule has 0 aromatic heterocycles. The molecule has 0 aliphatic carbocycles. The van der Waals surface area contributed by atoms with Crippen molar-refractivity contribution >= 4 is 32.7 Å². The molecular formula is C16H20N2O4S2. The molecule has 3 rings (SSSR count). The minimum atomic E-state index is -3.02. The summed E-state index contributed by atoms with van der Waals surface area (Å²) in [6.07, 6.45) is 0.341. The number of fused-ring (bicyclic) bond motifs is 1. The second-order valence-electron chi connectivity index (χ2n) is 5.92. The van der Waals surface area contributed by atoms with Gasteiger partial charge in [0.1, 0.15) is 5.75 Å². The minimum Gasteiger partial charge on any atom is -0.497 e. The lowest BCUT2D eigenvalue weighted by molar-refractivity contribution is -0.117. The van der Waals surface area contributed by atoms with E-state index < -0.39 is 9.84 Å². The molecule has 8 heteroatoms. The van der Waals surface area contributed by atoms with Gasteiger partial charge < -0.3 is 9.64 Å². The summed E-state index contributed by atoms with van der Waals surface area (Å²) >= 11 is 1.41. The summed E-state index contributed by atoms with van der Waals surface area (Å²) < 4.78 is 29.1. The Labute approximate surface area is 146 Å². The average Bonchev–Trinajstić information content (AvgIpc) is 3.01. The number of carbonyl (C=O) groups is 1. The number of benzene rings is 1. The Balaban J connectivity index is 1.86. The van der Waals surface area contributed by atoms with Gasteiger partial charge in [-0.1, -0.05) is 30.8 Å². The van der Waals surface area contributed by atoms with Crippen LogP contribution in [0.1, 0.15) is 18.9 Å². The molecule has 130 valence electrons. The van der Waals surface area contributed by atoms with E-state index in [0.29, 0.717) is 18.1 Å². The van der Waals surface area contributed by atoms with E-state index in [-0.39, 0.29) is 28.7 Å². The van der Waals surface area contributed by atoms with Crippen LogP contribution in [-0.2, 0) is 21.2 Å². The van der Waals surface area contributed by atoms with Crippen LogP contribution in [0.15, 0.2) is 29.3 Å². The van der Waals surface area contributed by atoms with Crippen molar-refractivity contribution in [1.82, 2.24) is 4.90 Å². The molecule has 2 fully saturated rings. The summed E-state index contributed by atoms with van der Waals surface area (Å²) in [7, 11) is -1.41. The van der Waals surface area contributed by atoms with Crippen LogP contribution in [-0.4, -0.2) is 54.3 Å². The van der Waals surface area contributed by atoms with E-state index in [1.807, 2.05) is 29.2 Å². The van der Waals surface area contributed by atoms with Crippen molar-refractivity contribution in [2.45, 2.75) is 31.2 Å². The second-order valence-corrected chi connectivity index (χ2v) is 9.28. The zero-order chi connectivity index (χ0) is 17.3. The predicted octanol–water partition coefficient (Wildman–Crippen LogP) is 1.70. The largest absolute Gasteiger partial charge is 0.497 e. The van der Waals surface area contributed by atoms with Gasteiger partial charge in [-0.15, -0.1) is 0 Å². The molecule has 0 saturated carbocycles. The summed E-state index contributed by atoms with van der Waals surface area (Å²) in [4.78, 5) is 17.9. The SMILES string of the molecule is CCC(=O)N=C1S[C@@H]2CS(=O)(=O)C[C@H]2N1Cc1ccc(OC)cc1. The molecule has 6 nitrogen and oxygen atoms in total. The van der Waals surface area contributed by atoms with Crippen LogP contribution >= 0.6 is 11.8 Å². The number of thioether (sulfide) groups is 1. The van der Waals surface area contributed by atoms with Crippen LogP contribution in [0.5, 0.6) is 5.75 Å². The predicted molar refractivity (Wildman–Crippen MR) is 95.1 cm³/mol. The van der Waals surface area contributed by atoms with Crippen LogP contribution in [0.3, 0.4) is 0 Å². The Morgan fingerprint density at radius 2 is 2.04 bits per heavy atom. The number of methoxy groups -OCH3 is 1. The number of ether oxygens (including phenoxy) is 1. The maximum absolute atomic E-state index is 11.9.